The summed E-state index contributed by atoms with van der Waals surface area (Å²) in [6.45, 7) is 9.46. The van der Waals surface area contributed by atoms with Gasteiger partial charge in [0, 0.05) is 26.3 Å². The lowest BCUT2D eigenvalue weighted by atomic mass is 9.95. The number of piperidine rings is 1. The van der Waals surface area contributed by atoms with E-state index in [4.69, 9.17) is 15.2 Å². The molecule has 0 aromatic rings. The molecule has 1 fully saturated rings. The first-order chi connectivity index (χ1) is 8.30. The molecule has 2 N–H and O–H groups in total. The van der Waals surface area contributed by atoms with Crippen molar-refractivity contribution in [3.8, 4) is 0 Å². The summed E-state index contributed by atoms with van der Waals surface area (Å²) in [6.07, 6.45) is 3.67. The van der Waals surface area contributed by atoms with Crippen molar-refractivity contribution in [2.24, 2.45) is 11.7 Å². The Morgan fingerprint density at radius 1 is 1.29 bits per heavy atom. The predicted molar refractivity (Wildman–Crippen MR) is 69.9 cm³/mol. The summed E-state index contributed by atoms with van der Waals surface area (Å²) in [6, 6.07) is 0. The molecule has 1 aliphatic heterocycles. The SMILES string of the molecule is CCOC(CN1CCCC(CCN)C1)OCC. The Kier molecular flexibility index (Phi) is 7.77. The minimum atomic E-state index is -0.0679. The Hall–Kier alpha value is -0.160. The second-order valence-corrected chi connectivity index (χ2v) is 4.69. The van der Waals surface area contributed by atoms with Gasteiger partial charge in [0.1, 0.15) is 0 Å². The molecular weight excluding hydrogens is 216 g/mol. The van der Waals surface area contributed by atoms with Gasteiger partial charge in [0.25, 0.3) is 0 Å². The zero-order chi connectivity index (χ0) is 12.5. The van der Waals surface area contributed by atoms with Crippen molar-refractivity contribution in [1.29, 1.82) is 0 Å². The van der Waals surface area contributed by atoms with Crippen molar-refractivity contribution in [2.45, 2.75) is 39.4 Å². The summed E-state index contributed by atoms with van der Waals surface area (Å²) < 4.78 is 11.2. The molecule has 1 saturated heterocycles. The van der Waals surface area contributed by atoms with Gasteiger partial charge in [-0.2, -0.15) is 0 Å². The summed E-state index contributed by atoms with van der Waals surface area (Å²) in [5.74, 6) is 0.762. The highest BCUT2D eigenvalue weighted by molar-refractivity contribution is 4.74. The van der Waals surface area contributed by atoms with Crippen LogP contribution in [0.25, 0.3) is 0 Å². The fourth-order valence-electron chi connectivity index (χ4n) is 2.52. The lowest BCUT2D eigenvalue weighted by molar-refractivity contribution is -0.149. The fraction of sp³-hybridized carbons (Fsp3) is 1.00. The summed E-state index contributed by atoms with van der Waals surface area (Å²) >= 11 is 0. The van der Waals surface area contributed by atoms with Gasteiger partial charge < -0.3 is 15.2 Å². The summed E-state index contributed by atoms with van der Waals surface area (Å²) in [4.78, 5) is 2.46. The molecule has 4 nitrogen and oxygen atoms in total. The van der Waals surface area contributed by atoms with Crippen LogP contribution in [0.5, 0.6) is 0 Å². The van der Waals surface area contributed by atoms with Crippen LogP contribution >= 0.6 is 0 Å². The Bertz CT molecular complexity index is 182. The highest BCUT2D eigenvalue weighted by Gasteiger charge is 2.22. The number of nitrogens with two attached hydrogens (primary N) is 1. The van der Waals surface area contributed by atoms with E-state index in [1.165, 1.54) is 12.8 Å². The lowest BCUT2D eigenvalue weighted by Crippen LogP contribution is -2.42. The van der Waals surface area contributed by atoms with E-state index in [1.54, 1.807) is 0 Å². The highest BCUT2D eigenvalue weighted by Crippen LogP contribution is 2.19. The molecule has 17 heavy (non-hydrogen) atoms. The van der Waals surface area contributed by atoms with Crippen molar-refractivity contribution in [3.05, 3.63) is 0 Å². The molecular formula is C13H28N2O2. The third kappa shape index (κ3) is 5.82. The maximum absolute atomic E-state index is 5.63. The maximum atomic E-state index is 5.63. The Balaban J connectivity index is 2.32. The normalized spacial score (nSPS) is 22.2. The Morgan fingerprint density at radius 2 is 2.00 bits per heavy atom. The van der Waals surface area contributed by atoms with E-state index in [-0.39, 0.29) is 6.29 Å². The summed E-state index contributed by atoms with van der Waals surface area (Å²) in [7, 11) is 0. The Labute approximate surface area is 105 Å². The first kappa shape index (κ1) is 14.9. The molecule has 1 rings (SSSR count). The van der Waals surface area contributed by atoms with Crippen molar-refractivity contribution >= 4 is 0 Å². The van der Waals surface area contributed by atoms with Crippen molar-refractivity contribution in [3.63, 3.8) is 0 Å². The van der Waals surface area contributed by atoms with Gasteiger partial charge >= 0.3 is 0 Å². The molecule has 0 spiro atoms. The first-order valence-electron chi connectivity index (χ1n) is 6.95. The van der Waals surface area contributed by atoms with Gasteiger partial charge in [-0.05, 0) is 52.1 Å². The minimum absolute atomic E-state index is 0.0679. The van der Waals surface area contributed by atoms with Crippen LogP contribution in [-0.4, -0.2) is 50.6 Å². The molecule has 0 aromatic carbocycles. The predicted octanol–water partition coefficient (Wildman–Crippen LogP) is 1.45. The van der Waals surface area contributed by atoms with Gasteiger partial charge in [0.2, 0.25) is 0 Å². The molecule has 102 valence electrons. The van der Waals surface area contributed by atoms with E-state index in [1.807, 2.05) is 13.8 Å². The largest absolute Gasteiger partial charge is 0.352 e. The van der Waals surface area contributed by atoms with Crippen LogP contribution in [0.2, 0.25) is 0 Å². The van der Waals surface area contributed by atoms with Gasteiger partial charge in [0.05, 0.1) is 0 Å². The average molecular weight is 244 g/mol. The summed E-state index contributed by atoms with van der Waals surface area (Å²) in [5.41, 5.74) is 5.63. The van der Waals surface area contributed by atoms with E-state index in [0.717, 1.165) is 38.5 Å². The topological polar surface area (TPSA) is 47.7 Å². The molecule has 0 radical (unpaired) electrons. The van der Waals surface area contributed by atoms with E-state index in [9.17, 15) is 0 Å². The van der Waals surface area contributed by atoms with Crippen LogP contribution in [-0.2, 0) is 9.47 Å². The lowest BCUT2D eigenvalue weighted by Gasteiger charge is -2.34. The fourth-order valence-corrected chi connectivity index (χ4v) is 2.52. The highest BCUT2D eigenvalue weighted by atomic mass is 16.7. The van der Waals surface area contributed by atoms with Crippen LogP contribution in [0.15, 0.2) is 0 Å². The number of rotatable bonds is 8. The number of likely N-dealkylation sites (tertiary alicyclic amines) is 1. The molecule has 1 aliphatic rings. The molecule has 0 saturated carbocycles. The van der Waals surface area contributed by atoms with Gasteiger partial charge in [-0.1, -0.05) is 0 Å². The molecule has 4 heteroatoms. The molecule has 0 aromatic heterocycles. The second kappa shape index (κ2) is 8.86. The first-order valence-corrected chi connectivity index (χ1v) is 6.95. The smallest absolute Gasteiger partial charge is 0.170 e. The third-order valence-corrected chi connectivity index (χ3v) is 3.29. The number of nitrogens with zero attached hydrogens (tertiary/aromatic N) is 1. The third-order valence-electron chi connectivity index (χ3n) is 3.29. The van der Waals surface area contributed by atoms with E-state index in [0.29, 0.717) is 13.2 Å². The molecule has 0 aliphatic carbocycles. The average Bonchev–Trinajstić information content (AvgIpc) is 2.30. The van der Waals surface area contributed by atoms with Crippen LogP contribution < -0.4 is 5.73 Å². The van der Waals surface area contributed by atoms with Crippen LogP contribution in [0.3, 0.4) is 0 Å². The van der Waals surface area contributed by atoms with E-state index >= 15 is 0 Å². The molecule has 1 atom stereocenters. The standard InChI is InChI=1S/C13H28N2O2/c1-3-16-13(17-4-2)11-15-9-5-6-12(10-15)7-8-14/h12-13H,3-11,14H2,1-2H3. The summed E-state index contributed by atoms with van der Waals surface area (Å²) in [5, 5.41) is 0. The van der Waals surface area contributed by atoms with E-state index in [2.05, 4.69) is 4.90 Å². The Morgan fingerprint density at radius 3 is 2.59 bits per heavy atom. The second-order valence-electron chi connectivity index (χ2n) is 4.69. The monoisotopic (exact) mass is 244 g/mol. The molecule has 1 heterocycles. The number of hydrogen-bond acceptors (Lipinski definition) is 4. The zero-order valence-electron chi connectivity index (χ0n) is 11.4. The molecule has 0 amide bonds. The van der Waals surface area contributed by atoms with E-state index < -0.39 is 0 Å². The van der Waals surface area contributed by atoms with Crippen molar-refractivity contribution in [1.82, 2.24) is 4.90 Å². The molecule has 1 unspecified atom stereocenters. The maximum Gasteiger partial charge on any atom is 0.170 e. The van der Waals surface area contributed by atoms with Crippen LogP contribution in [0, 0.1) is 5.92 Å². The van der Waals surface area contributed by atoms with Gasteiger partial charge in [-0.15, -0.1) is 0 Å². The van der Waals surface area contributed by atoms with Crippen LogP contribution in [0.4, 0.5) is 0 Å². The zero-order valence-corrected chi connectivity index (χ0v) is 11.4. The molecule has 0 bridgehead atoms. The minimum Gasteiger partial charge on any atom is -0.352 e. The number of hydrogen-bond donors (Lipinski definition) is 1. The van der Waals surface area contributed by atoms with Gasteiger partial charge in [-0.3, -0.25) is 4.90 Å². The number of ether oxygens (including phenoxy) is 2. The van der Waals surface area contributed by atoms with Gasteiger partial charge in [0.15, 0.2) is 6.29 Å². The van der Waals surface area contributed by atoms with Gasteiger partial charge in [-0.25, -0.2) is 0 Å². The van der Waals surface area contributed by atoms with Crippen molar-refractivity contribution in [2.75, 3.05) is 39.4 Å². The quantitative estimate of drug-likeness (QED) is 0.657. The van der Waals surface area contributed by atoms with Crippen LogP contribution in [0.1, 0.15) is 33.1 Å². The van der Waals surface area contributed by atoms with Crippen molar-refractivity contribution < 1.29 is 9.47 Å².